The first-order valence-corrected chi connectivity index (χ1v) is 7.71. The molecule has 1 saturated carbocycles. The van der Waals surface area contributed by atoms with Crippen LogP contribution in [0.5, 0.6) is 0 Å². The maximum atomic E-state index is 6.34. The fourth-order valence-electron chi connectivity index (χ4n) is 3.43. The average Bonchev–Trinajstić information content (AvgIpc) is 2.87. The molecule has 2 unspecified atom stereocenters. The van der Waals surface area contributed by atoms with Crippen LogP contribution in [0.4, 0.5) is 0 Å². The molecular formula is C15H21ClN2. The van der Waals surface area contributed by atoms with Crippen molar-refractivity contribution in [3.05, 3.63) is 22.2 Å². The molecule has 2 atom stereocenters. The van der Waals surface area contributed by atoms with Crippen molar-refractivity contribution in [2.45, 2.75) is 64.2 Å². The van der Waals surface area contributed by atoms with Crippen molar-refractivity contribution in [2.24, 2.45) is 5.92 Å². The van der Waals surface area contributed by atoms with E-state index in [1.165, 1.54) is 49.8 Å². The van der Waals surface area contributed by atoms with Gasteiger partial charge < -0.3 is 0 Å². The number of nitrogens with zero attached hydrogens (tertiary/aromatic N) is 2. The highest BCUT2D eigenvalue weighted by Crippen LogP contribution is 2.39. The Balaban J connectivity index is 1.87. The van der Waals surface area contributed by atoms with Gasteiger partial charge in [0, 0.05) is 17.2 Å². The van der Waals surface area contributed by atoms with E-state index in [1.54, 1.807) is 0 Å². The van der Waals surface area contributed by atoms with E-state index < -0.39 is 0 Å². The summed E-state index contributed by atoms with van der Waals surface area (Å²) in [5.74, 6) is 2.45. The molecule has 0 amide bonds. The minimum Gasteiger partial charge on any atom is -0.237 e. The second-order valence-electron chi connectivity index (χ2n) is 5.79. The van der Waals surface area contributed by atoms with Crippen molar-refractivity contribution in [1.82, 2.24) is 9.97 Å². The zero-order chi connectivity index (χ0) is 12.5. The Labute approximate surface area is 114 Å². The molecule has 0 saturated heterocycles. The fraction of sp³-hybridized carbons (Fsp3) is 0.733. The zero-order valence-corrected chi connectivity index (χ0v) is 11.8. The molecule has 0 aliphatic heterocycles. The van der Waals surface area contributed by atoms with Crippen molar-refractivity contribution in [1.29, 1.82) is 0 Å². The van der Waals surface area contributed by atoms with Crippen LogP contribution in [0.3, 0.4) is 0 Å². The molecule has 1 fully saturated rings. The first kappa shape index (κ1) is 12.4. The molecule has 3 heteroatoms. The first-order chi connectivity index (χ1) is 8.78. The van der Waals surface area contributed by atoms with Gasteiger partial charge in [-0.25, -0.2) is 9.97 Å². The van der Waals surface area contributed by atoms with E-state index >= 15 is 0 Å². The summed E-state index contributed by atoms with van der Waals surface area (Å²) in [7, 11) is 0. The number of fused-ring (bicyclic) bond motifs is 1. The number of hydrogen-bond acceptors (Lipinski definition) is 2. The smallest absolute Gasteiger partial charge is 0.136 e. The number of rotatable bonds is 2. The lowest BCUT2D eigenvalue weighted by molar-refractivity contribution is 0.515. The van der Waals surface area contributed by atoms with E-state index in [0.29, 0.717) is 5.92 Å². The Morgan fingerprint density at radius 2 is 2.00 bits per heavy atom. The average molecular weight is 265 g/mol. The molecule has 2 nitrogen and oxygen atoms in total. The summed E-state index contributed by atoms with van der Waals surface area (Å²) in [5.41, 5.74) is 2.45. The molecule has 98 valence electrons. The highest BCUT2D eigenvalue weighted by Gasteiger charge is 2.28. The zero-order valence-electron chi connectivity index (χ0n) is 11.1. The van der Waals surface area contributed by atoms with Gasteiger partial charge in [0.1, 0.15) is 11.0 Å². The summed E-state index contributed by atoms with van der Waals surface area (Å²) in [6, 6.07) is 0. The van der Waals surface area contributed by atoms with Gasteiger partial charge in [-0.1, -0.05) is 24.9 Å². The topological polar surface area (TPSA) is 25.8 Å². The fourth-order valence-corrected chi connectivity index (χ4v) is 3.72. The lowest BCUT2D eigenvalue weighted by Crippen LogP contribution is -2.12. The second kappa shape index (κ2) is 5.16. The van der Waals surface area contributed by atoms with E-state index in [2.05, 4.69) is 11.9 Å². The molecule has 1 heterocycles. The van der Waals surface area contributed by atoms with Gasteiger partial charge in [0.25, 0.3) is 0 Å². The lowest BCUT2D eigenvalue weighted by Gasteiger charge is -2.18. The Bertz CT molecular complexity index is 444. The first-order valence-electron chi connectivity index (χ1n) is 7.33. The normalized spacial score (nSPS) is 27.2. The van der Waals surface area contributed by atoms with Gasteiger partial charge >= 0.3 is 0 Å². The van der Waals surface area contributed by atoms with Crippen LogP contribution < -0.4 is 0 Å². The predicted octanol–water partition coefficient (Wildman–Crippen LogP) is 4.30. The molecule has 0 radical (unpaired) electrons. The minimum atomic E-state index is 0.555. The van der Waals surface area contributed by atoms with Crippen LogP contribution in [0.2, 0.25) is 5.15 Å². The van der Waals surface area contributed by atoms with Crippen LogP contribution in [-0.2, 0) is 12.8 Å². The third-order valence-electron chi connectivity index (χ3n) is 4.63. The maximum Gasteiger partial charge on any atom is 0.136 e. The van der Waals surface area contributed by atoms with Crippen LogP contribution in [0.15, 0.2) is 0 Å². The Morgan fingerprint density at radius 3 is 2.78 bits per heavy atom. The van der Waals surface area contributed by atoms with E-state index in [9.17, 15) is 0 Å². The van der Waals surface area contributed by atoms with Gasteiger partial charge in [0.05, 0.1) is 0 Å². The highest BCUT2D eigenvalue weighted by molar-refractivity contribution is 6.30. The molecule has 0 N–H and O–H groups in total. The van der Waals surface area contributed by atoms with E-state index in [0.717, 1.165) is 29.7 Å². The van der Waals surface area contributed by atoms with Gasteiger partial charge in [0.2, 0.25) is 0 Å². The minimum absolute atomic E-state index is 0.555. The van der Waals surface area contributed by atoms with Crippen LogP contribution in [0.25, 0.3) is 0 Å². The van der Waals surface area contributed by atoms with Gasteiger partial charge in [-0.15, -0.1) is 0 Å². The maximum absolute atomic E-state index is 6.34. The quantitative estimate of drug-likeness (QED) is 0.744. The lowest BCUT2D eigenvalue weighted by atomic mass is 9.96. The van der Waals surface area contributed by atoms with E-state index in [1.807, 2.05) is 0 Å². The monoisotopic (exact) mass is 264 g/mol. The summed E-state index contributed by atoms with van der Waals surface area (Å²) in [6.45, 7) is 2.29. The Hall–Kier alpha value is -0.630. The van der Waals surface area contributed by atoms with Crippen LogP contribution >= 0.6 is 11.6 Å². The van der Waals surface area contributed by atoms with Crippen molar-refractivity contribution in [2.75, 3.05) is 0 Å². The van der Waals surface area contributed by atoms with Gasteiger partial charge in [-0.2, -0.15) is 0 Å². The predicted molar refractivity (Wildman–Crippen MR) is 74.1 cm³/mol. The molecule has 1 aromatic heterocycles. The number of aromatic nitrogens is 2. The molecule has 18 heavy (non-hydrogen) atoms. The van der Waals surface area contributed by atoms with E-state index in [4.69, 9.17) is 16.6 Å². The van der Waals surface area contributed by atoms with E-state index in [-0.39, 0.29) is 0 Å². The summed E-state index contributed by atoms with van der Waals surface area (Å²) in [6.07, 6.45) is 9.76. The van der Waals surface area contributed by atoms with Crippen molar-refractivity contribution < 1.29 is 0 Å². The van der Waals surface area contributed by atoms with Gasteiger partial charge in [-0.05, 0) is 50.9 Å². The summed E-state index contributed by atoms with van der Waals surface area (Å²) in [5, 5.41) is 0.731. The van der Waals surface area contributed by atoms with Crippen molar-refractivity contribution >= 4 is 11.6 Å². The molecule has 0 spiro atoms. The van der Waals surface area contributed by atoms with Gasteiger partial charge in [0.15, 0.2) is 0 Å². The van der Waals surface area contributed by atoms with Crippen LogP contribution in [-0.4, -0.2) is 9.97 Å². The second-order valence-corrected chi connectivity index (χ2v) is 6.15. The molecule has 3 rings (SSSR count). The van der Waals surface area contributed by atoms with Crippen molar-refractivity contribution in [3.63, 3.8) is 0 Å². The third-order valence-corrected chi connectivity index (χ3v) is 4.95. The van der Waals surface area contributed by atoms with Crippen molar-refractivity contribution in [3.8, 4) is 0 Å². The Kier molecular flexibility index (Phi) is 3.56. The molecule has 1 aromatic rings. The summed E-state index contributed by atoms with van der Waals surface area (Å²) >= 11 is 6.34. The largest absolute Gasteiger partial charge is 0.237 e. The molecule has 2 aliphatic carbocycles. The number of halogens is 1. The van der Waals surface area contributed by atoms with Crippen LogP contribution in [0, 0.1) is 5.92 Å². The van der Waals surface area contributed by atoms with Crippen LogP contribution in [0.1, 0.15) is 68.4 Å². The summed E-state index contributed by atoms with van der Waals surface area (Å²) < 4.78 is 0. The molecule has 2 aliphatic rings. The third kappa shape index (κ3) is 2.27. The standard InChI is InChI=1S/C15H21ClN2/c1-2-10-7-8-11(9-10)15-17-13-6-4-3-5-12(13)14(16)18-15/h10-11H,2-9H2,1H3. The summed E-state index contributed by atoms with van der Waals surface area (Å²) in [4.78, 5) is 9.42. The highest BCUT2D eigenvalue weighted by atomic mass is 35.5. The SMILES string of the molecule is CCC1CCC(c2nc(Cl)c3c(n2)CCCC3)C1. The number of aryl methyl sites for hydroxylation is 1. The number of hydrogen-bond donors (Lipinski definition) is 0. The molecule has 0 aromatic carbocycles. The Morgan fingerprint density at radius 1 is 1.17 bits per heavy atom. The molecular weight excluding hydrogens is 244 g/mol. The van der Waals surface area contributed by atoms with Gasteiger partial charge in [-0.3, -0.25) is 0 Å². The molecule has 0 bridgehead atoms.